The molecule has 5 heteroatoms. The fourth-order valence-electron chi connectivity index (χ4n) is 2.38. The van der Waals surface area contributed by atoms with Gasteiger partial charge in [0.1, 0.15) is 0 Å². The lowest BCUT2D eigenvalue weighted by Crippen LogP contribution is -2.47. The Morgan fingerprint density at radius 1 is 1.50 bits per heavy atom. The lowest BCUT2D eigenvalue weighted by Gasteiger charge is -2.34. The maximum atomic E-state index is 9.13. The Bertz CT molecular complexity index is 325. The number of nitrogens with zero attached hydrogens (tertiary/aromatic N) is 2. The van der Waals surface area contributed by atoms with Gasteiger partial charge in [-0.05, 0) is 18.5 Å². The fraction of sp³-hybridized carbons (Fsp3) is 0.692. The molecule has 0 bridgehead atoms. The standard InChI is InChI=1S/C13H23N3OS/c1-15(8-9-17)12(13-3-2-10-18-13)11-16-6-4-14-5-7-16/h2-3,10,12,14,17H,4-9,11H2,1H3. The van der Waals surface area contributed by atoms with Gasteiger partial charge in [-0.15, -0.1) is 11.3 Å². The van der Waals surface area contributed by atoms with E-state index in [-0.39, 0.29) is 6.61 Å². The number of piperazine rings is 1. The second-order valence-electron chi connectivity index (χ2n) is 4.79. The zero-order chi connectivity index (χ0) is 12.8. The van der Waals surface area contributed by atoms with Crippen LogP contribution in [0.4, 0.5) is 0 Å². The van der Waals surface area contributed by atoms with Crippen molar-refractivity contribution in [3.63, 3.8) is 0 Å². The highest BCUT2D eigenvalue weighted by Crippen LogP contribution is 2.25. The Balaban J connectivity index is 1.99. The van der Waals surface area contributed by atoms with Crippen LogP contribution in [0.25, 0.3) is 0 Å². The molecule has 2 N–H and O–H groups in total. The molecule has 0 spiro atoms. The molecule has 102 valence electrons. The van der Waals surface area contributed by atoms with Crippen LogP contribution in [0.2, 0.25) is 0 Å². The summed E-state index contributed by atoms with van der Waals surface area (Å²) in [4.78, 5) is 6.16. The first-order valence-electron chi connectivity index (χ1n) is 6.59. The van der Waals surface area contributed by atoms with Crippen LogP contribution in [-0.4, -0.2) is 67.8 Å². The maximum absolute atomic E-state index is 9.13. The van der Waals surface area contributed by atoms with Gasteiger partial charge in [-0.25, -0.2) is 0 Å². The van der Waals surface area contributed by atoms with Crippen LogP contribution in [0.15, 0.2) is 17.5 Å². The molecule has 0 aromatic carbocycles. The lowest BCUT2D eigenvalue weighted by molar-refractivity contribution is 0.131. The van der Waals surface area contributed by atoms with Crippen molar-refractivity contribution < 1.29 is 5.11 Å². The van der Waals surface area contributed by atoms with Crippen LogP contribution >= 0.6 is 11.3 Å². The van der Waals surface area contributed by atoms with Gasteiger partial charge in [-0.2, -0.15) is 0 Å². The highest BCUT2D eigenvalue weighted by atomic mass is 32.1. The molecular formula is C13H23N3OS. The van der Waals surface area contributed by atoms with Crippen molar-refractivity contribution in [1.29, 1.82) is 0 Å². The molecule has 1 atom stereocenters. The summed E-state index contributed by atoms with van der Waals surface area (Å²) in [5, 5.41) is 14.6. The van der Waals surface area contributed by atoms with E-state index >= 15 is 0 Å². The number of aliphatic hydroxyl groups is 1. The molecule has 18 heavy (non-hydrogen) atoms. The summed E-state index contributed by atoms with van der Waals surface area (Å²) in [5.74, 6) is 0. The molecule has 1 saturated heterocycles. The van der Waals surface area contributed by atoms with Gasteiger partial charge in [0.25, 0.3) is 0 Å². The molecule has 0 amide bonds. The van der Waals surface area contributed by atoms with Crippen LogP contribution in [0.1, 0.15) is 10.9 Å². The average Bonchev–Trinajstić information content (AvgIpc) is 2.91. The van der Waals surface area contributed by atoms with E-state index in [1.807, 2.05) is 11.3 Å². The van der Waals surface area contributed by atoms with Crippen molar-refractivity contribution in [1.82, 2.24) is 15.1 Å². The van der Waals surface area contributed by atoms with Crippen molar-refractivity contribution >= 4 is 11.3 Å². The quantitative estimate of drug-likeness (QED) is 0.794. The number of likely N-dealkylation sites (N-methyl/N-ethyl adjacent to an activating group) is 1. The molecule has 1 aromatic rings. The van der Waals surface area contributed by atoms with E-state index in [4.69, 9.17) is 5.11 Å². The number of thiophene rings is 1. The van der Waals surface area contributed by atoms with E-state index in [1.54, 1.807) is 0 Å². The molecule has 1 unspecified atom stereocenters. The Morgan fingerprint density at radius 3 is 2.89 bits per heavy atom. The Kier molecular flexibility index (Phi) is 5.59. The summed E-state index contributed by atoms with van der Waals surface area (Å²) in [5.41, 5.74) is 0. The summed E-state index contributed by atoms with van der Waals surface area (Å²) in [6.45, 7) is 6.42. The van der Waals surface area contributed by atoms with Gasteiger partial charge in [-0.1, -0.05) is 6.07 Å². The Hall–Kier alpha value is -0.460. The lowest BCUT2D eigenvalue weighted by atomic mass is 10.2. The normalized spacial score (nSPS) is 19.3. The Labute approximate surface area is 113 Å². The first-order valence-corrected chi connectivity index (χ1v) is 7.47. The molecular weight excluding hydrogens is 246 g/mol. The topological polar surface area (TPSA) is 38.7 Å². The number of aliphatic hydroxyl groups excluding tert-OH is 1. The SMILES string of the molecule is CN(CCO)C(CN1CCNCC1)c1cccs1. The second-order valence-corrected chi connectivity index (χ2v) is 5.77. The predicted molar refractivity (Wildman–Crippen MR) is 76.1 cm³/mol. The maximum Gasteiger partial charge on any atom is 0.0567 e. The van der Waals surface area contributed by atoms with E-state index in [2.05, 4.69) is 39.7 Å². The van der Waals surface area contributed by atoms with E-state index < -0.39 is 0 Å². The minimum Gasteiger partial charge on any atom is -0.395 e. The molecule has 4 nitrogen and oxygen atoms in total. The van der Waals surface area contributed by atoms with Gasteiger partial charge in [0.2, 0.25) is 0 Å². The summed E-state index contributed by atoms with van der Waals surface area (Å²) in [6, 6.07) is 4.71. The highest BCUT2D eigenvalue weighted by molar-refractivity contribution is 7.10. The first kappa shape index (κ1) is 14.0. The molecule has 1 fully saturated rings. The summed E-state index contributed by atoms with van der Waals surface area (Å²) >= 11 is 1.81. The largest absolute Gasteiger partial charge is 0.395 e. The average molecular weight is 269 g/mol. The van der Waals surface area contributed by atoms with Gasteiger partial charge in [0, 0.05) is 44.1 Å². The van der Waals surface area contributed by atoms with E-state index in [0.717, 1.165) is 39.3 Å². The van der Waals surface area contributed by atoms with Gasteiger partial charge in [0.15, 0.2) is 0 Å². The number of nitrogens with one attached hydrogen (secondary N) is 1. The monoisotopic (exact) mass is 269 g/mol. The molecule has 1 aromatic heterocycles. The van der Waals surface area contributed by atoms with Crippen molar-refractivity contribution in [2.75, 3.05) is 52.9 Å². The van der Waals surface area contributed by atoms with Crippen LogP contribution in [-0.2, 0) is 0 Å². The summed E-state index contributed by atoms with van der Waals surface area (Å²) in [7, 11) is 2.10. The molecule has 1 aliphatic rings. The predicted octanol–water partition coefficient (Wildman–Crippen LogP) is 0.619. The van der Waals surface area contributed by atoms with Crippen molar-refractivity contribution in [3.8, 4) is 0 Å². The fourth-order valence-corrected chi connectivity index (χ4v) is 3.26. The molecule has 0 aliphatic carbocycles. The molecule has 2 heterocycles. The third kappa shape index (κ3) is 3.76. The van der Waals surface area contributed by atoms with E-state index in [0.29, 0.717) is 6.04 Å². The number of rotatable bonds is 6. The third-order valence-corrected chi connectivity index (χ3v) is 4.47. The molecule has 2 rings (SSSR count). The van der Waals surface area contributed by atoms with Crippen LogP contribution < -0.4 is 5.32 Å². The zero-order valence-electron chi connectivity index (χ0n) is 11.0. The van der Waals surface area contributed by atoms with Gasteiger partial charge < -0.3 is 10.4 Å². The zero-order valence-corrected chi connectivity index (χ0v) is 11.8. The molecule has 0 saturated carbocycles. The van der Waals surface area contributed by atoms with Crippen LogP contribution in [0, 0.1) is 0 Å². The van der Waals surface area contributed by atoms with Crippen molar-refractivity contribution in [3.05, 3.63) is 22.4 Å². The van der Waals surface area contributed by atoms with Gasteiger partial charge in [0.05, 0.1) is 12.6 Å². The van der Waals surface area contributed by atoms with Gasteiger partial charge in [-0.3, -0.25) is 9.80 Å². The minimum absolute atomic E-state index is 0.222. The van der Waals surface area contributed by atoms with Crippen LogP contribution in [0.5, 0.6) is 0 Å². The molecule has 0 radical (unpaired) electrons. The summed E-state index contributed by atoms with van der Waals surface area (Å²) in [6.07, 6.45) is 0. The van der Waals surface area contributed by atoms with Gasteiger partial charge >= 0.3 is 0 Å². The number of hydrogen-bond acceptors (Lipinski definition) is 5. The van der Waals surface area contributed by atoms with Crippen LogP contribution in [0.3, 0.4) is 0 Å². The van der Waals surface area contributed by atoms with E-state index in [9.17, 15) is 0 Å². The highest BCUT2D eigenvalue weighted by Gasteiger charge is 2.21. The summed E-state index contributed by atoms with van der Waals surface area (Å²) < 4.78 is 0. The smallest absolute Gasteiger partial charge is 0.0567 e. The first-order chi connectivity index (χ1) is 8.81. The minimum atomic E-state index is 0.222. The van der Waals surface area contributed by atoms with Crippen molar-refractivity contribution in [2.24, 2.45) is 0 Å². The second kappa shape index (κ2) is 7.21. The third-order valence-electron chi connectivity index (χ3n) is 3.50. The number of hydrogen-bond donors (Lipinski definition) is 2. The molecule has 1 aliphatic heterocycles. The Morgan fingerprint density at radius 2 is 2.28 bits per heavy atom. The van der Waals surface area contributed by atoms with E-state index in [1.165, 1.54) is 4.88 Å². The van der Waals surface area contributed by atoms with Crippen molar-refractivity contribution in [2.45, 2.75) is 6.04 Å².